The molecule has 14 heteroatoms. The van der Waals surface area contributed by atoms with Gasteiger partial charge in [0, 0.05) is 23.9 Å². The highest BCUT2D eigenvalue weighted by Gasteiger charge is 2.35. The minimum Gasteiger partial charge on any atom is -0.330 e. The lowest BCUT2D eigenvalue weighted by atomic mass is 9.76. The summed E-state index contributed by atoms with van der Waals surface area (Å²) in [6, 6.07) is 52.9. The summed E-state index contributed by atoms with van der Waals surface area (Å²) in [6.07, 6.45) is 16.7. The summed E-state index contributed by atoms with van der Waals surface area (Å²) >= 11 is 0. The first-order valence-electron chi connectivity index (χ1n) is 32.5. The van der Waals surface area contributed by atoms with Gasteiger partial charge in [-0.05, 0) is 182 Å². The Hall–Kier alpha value is -7.27. The van der Waals surface area contributed by atoms with Crippen LogP contribution in [0.2, 0.25) is 0 Å². The summed E-state index contributed by atoms with van der Waals surface area (Å²) < 4.78 is 0. The van der Waals surface area contributed by atoms with Crippen LogP contribution in [0, 0.1) is 11.8 Å². The molecule has 0 spiro atoms. The third-order valence-electron chi connectivity index (χ3n) is 18.3. The maximum absolute atomic E-state index is 11.6. The number of ketones is 7. The van der Waals surface area contributed by atoms with Gasteiger partial charge in [-0.15, -0.1) is 0 Å². The van der Waals surface area contributed by atoms with E-state index in [2.05, 4.69) is 36.4 Å². The molecule has 91 heavy (non-hydrogen) atoms. The van der Waals surface area contributed by atoms with Gasteiger partial charge in [0.05, 0.1) is 28.7 Å². The predicted octanol–water partition coefficient (Wildman–Crippen LogP) is 11.8. The van der Waals surface area contributed by atoms with Crippen molar-refractivity contribution in [1.29, 1.82) is 0 Å². The molecule has 10 rings (SSSR count). The normalized spacial score (nSPS) is 18.8. The molecule has 4 aliphatic carbocycles. The molecule has 0 aromatic heterocycles. The van der Waals surface area contributed by atoms with Gasteiger partial charge in [-0.25, -0.2) is 0 Å². The van der Waals surface area contributed by atoms with E-state index in [1.165, 1.54) is 35.6 Å². The fourth-order valence-corrected chi connectivity index (χ4v) is 11.7. The minimum atomic E-state index is -0.617. The lowest BCUT2D eigenvalue weighted by molar-refractivity contribution is -0.123. The van der Waals surface area contributed by atoms with Crippen LogP contribution in [0.5, 0.6) is 0 Å². The Morgan fingerprint density at radius 1 is 0.451 bits per heavy atom. The molecule has 0 amide bonds. The van der Waals surface area contributed by atoms with Crippen LogP contribution in [0.4, 0.5) is 0 Å². The Kier molecular flexibility index (Phi) is 32.3. The van der Waals surface area contributed by atoms with Crippen LogP contribution in [-0.2, 0) is 54.6 Å². The number of carbonyl (C=O) groups excluding carboxylic acids is 7. The Morgan fingerprint density at radius 2 is 0.868 bits per heavy atom. The molecule has 6 aromatic carbocycles. The van der Waals surface area contributed by atoms with E-state index in [0.29, 0.717) is 37.0 Å². The SMILES string of the molecule is CC(=O)C1(N)CCCC1.CC(=O)C1(N)CCCCC1.CC(=O)C1(N)CCc2ccccc2C1.CC(=O)C1CCC(CN)CC1.CC(=O)[C@@H](N)C(c1ccccc1)c1ccccc1.CC(=O)[C@@H](N)Cc1ccc(-c2ccccc2)cc1.CC(=O)c1ccc(CN)cc1. The van der Waals surface area contributed by atoms with E-state index in [1.807, 2.05) is 115 Å². The number of carbonyl (C=O) groups is 7. The second kappa shape index (κ2) is 38.5. The standard InChI is InChI=1S/2C16H17NO.C12H15NO.C9H17NO.C9H11NO.C8H15NO.C7H13NO/c1-12(18)16(17)15(13-8-4-2-5-9-13)14-10-6-3-7-11-14;1-12(18)16(17)11-13-7-9-15(10-8-13)14-5-3-2-4-6-14;1-9(14)12(13)7-6-10-4-2-3-5-11(10)8-12;2*1-7(11)9-4-2-8(6-10)3-5-9;1-7(10)8(9)5-3-2-4-6-8;1-6(9)7(8)4-2-3-5-7/h2-11,15-16H,17H2,1H3;2-10,16H,11,17H2,1H3;2-5H,6-8,13H2,1H3;8-9H,2-6,10H2,1H3;2-5H,6,10H2,1H3;2-6,9H2,1H3;2-5,8H2,1H3/t2*16-;;;;;/m10...../s1. The molecular formula is C77H105N7O7. The average Bonchev–Trinajstić information content (AvgIpc) is 2.26. The van der Waals surface area contributed by atoms with E-state index in [9.17, 15) is 33.6 Å². The largest absolute Gasteiger partial charge is 0.330 e. The highest BCUT2D eigenvalue weighted by Crippen LogP contribution is 2.31. The first-order valence-corrected chi connectivity index (χ1v) is 32.5. The van der Waals surface area contributed by atoms with Gasteiger partial charge in [0.25, 0.3) is 0 Å². The lowest BCUT2D eigenvalue weighted by Crippen LogP contribution is -2.51. The van der Waals surface area contributed by atoms with Gasteiger partial charge in [0.15, 0.2) is 5.78 Å². The zero-order valence-corrected chi connectivity index (χ0v) is 55.3. The molecule has 6 aromatic rings. The highest BCUT2D eigenvalue weighted by molar-refractivity contribution is 5.94. The Morgan fingerprint density at radius 3 is 1.26 bits per heavy atom. The quantitative estimate of drug-likeness (QED) is 0.0471. The molecule has 14 N–H and O–H groups in total. The summed E-state index contributed by atoms with van der Waals surface area (Å²) in [5, 5.41) is 0. The molecule has 3 atom stereocenters. The van der Waals surface area contributed by atoms with Crippen molar-refractivity contribution in [3.63, 3.8) is 0 Å². The number of hydrogen-bond donors (Lipinski definition) is 7. The van der Waals surface area contributed by atoms with Crippen molar-refractivity contribution in [3.05, 3.63) is 203 Å². The summed E-state index contributed by atoms with van der Waals surface area (Å²) in [5.41, 5.74) is 48.9. The summed E-state index contributed by atoms with van der Waals surface area (Å²) in [7, 11) is 0. The van der Waals surface area contributed by atoms with Crippen molar-refractivity contribution in [2.45, 2.75) is 199 Å². The van der Waals surface area contributed by atoms with Gasteiger partial charge in [0.2, 0.25) is 0 Å². The van der Waals surface area contributed by atoms with E-state index in [4.69, 9.17) is 40.1 Å². The van der Waals surface area contributed by atoms with Gasteiger partial charge >= 0.3 is 0 Å². The number of Topliss-reactive ketones (excluding diaryl/α,β-unsaturated/α-hetero) is 7. The molecule has 1 unspecified atom stereocenters. The van der Waals surface area contributed by atoms with Crippen molar-refractivity contribution in [3.8, 4) is 11.1 Å². The molecule has 0 heterocycles. The van der Waals surface area contributed by atoms with Crippen molar-refractivity contribution in [2.24, 2.45) is 52.0 Å². The number of aryl methyl sites for hydroxylation is 1. The summed E-state index contributed by atoms with van der Waals surface area (Å²) in [4.78, 5) is 77.7. The van der Waals surface area contributed by atoms with Crippen LogP contribution >= 0.6 is 0 Å². The molecule has 0 aliphatic heterocycles. The number of rotatable bonds is 15. The minimum absolute atomic E-state index is 0.00714. The fraction of sp³-hybridized carbons (Fsp3) is 0.442. The van der Waals surface area contributed by atoms with Crippen molar-refractivity contribution >= 4 is 40.5 Å². The zero-order valence-electron chi connectivity index (χ0n) is 55.3. The molecule has 3 fully saturated rings. The summed E-state index contributed by atoms with van der Waals surface area (Å²) in [5.74, 6) is 1.86. The highest BCUT2D eigenvalue weighted by atomic mass is 16.1. The Labute approximate surface area is 542 Å². The second-order valence-corrected chi connectivity index (χ2v) is 25.3. The predicted molar refractivity (Wildman–Crippen MR) is 370 cm³/mol. The van der Waals surface area contributed by atoms with Crippen molar-refractivity contribution in [1.82, 2.24) is 0 Å². The third kappa shape index (κ3) is 25.4. The molecule has 4 aliphatic rings. The van der Waals surface area contributed by atoms with E-state index in [1.54, 1.807) is 53.7 Å². The maximum atomic E-state index is 11.6. The van der Waals surface area contributed by atoms with Crippen LogP contribution in [0.25, 0.3) is 11.1 Å². The molecule has 3 saturated carbocycles. The first-order chi connectivity index (χ1) is 43.3. The molecular weight excluding hydrogens is 1130 g/mol. The number of benzene rings is 6. The lowest BCUT2D eigenvalue weighted by Gasteiger charge is -2.32. The third-order valence-corrected chi connectivity index (χ3v) is 18.3. The van der Waals surface area contributed by atoms with Gasteiger partial charge in [-0.3, -0.25) is 33.6 Å². The van der Waals surface area contributed by atoms with E-state index in [-0.39, 0.29) is 40.6 Å². The van der Waals surface area contributed by atoms with Gasteiger partial charge in [-0.1, -0.05) is 196 Å². The van der Waals surface area contributed by atoms with Crippen LogP contribution in [0.15, 0.2) is 164 Å². The first kappa shape index (κ1) is 76.2. The fourth-order valence-electron chi connectivity index (χ4n) is 11.7. The van der Waals surface area contributed by atoms with E-state index < -0.39 is 28.7 Å². The van der Waals surface area contributed by atoms with Crippen LogP contribution in [-0.4, -0.2) is 75.7 Å². The second-order valence-electron chi connectivity index (χ2n) is 25.3. The van der Waals surface area contributed by atoms with Crippen molar-refractivity contribution in [2.75, 3.05) is 6.54 Å². The zero-order chi connectivity index (χ0) is 67.2. The summed E-state index contributed by atoms with van der Waals surface area (Å²) in [6.45, 7) is 12.4. The number of nitrogens with two attached hydrogens (primary N) is 7. The van der Waals surface area contributed by atoms with Crippen LogP contribution in [0.1, 0.15) is 188 Å². The average molecular weight is 1240 g/mol. The Bertz CT molecular complexity index is 3150. The molecule has 14 nitrogen and oxygen atoms in total. The number of fused-ring (bicyclic) bond motifs is 1. The molecule has 490 valence electrons. The monoisotopic (exact) mass is 1240 g/mol. The van der Waals surface area contributed by atoms with E-state index >= 15 is 0 Å². The number of hydrogen-bond acceptors (Lipinski definition) is 14. The maximum Gasteiger partial charge on any atom is 0.159 e. The molecule has 0 bridgehead atoms. The van der Waals surface area contributed by atoms with Crippen molar-refractivity contribution < 1.29 is 33.6 Å². The molecule has 0 radical (unpaired) electrons. The molecule has 0 saturated heterocycles. The van der Waals surface area contributed by atoms with Gasteiger partial charge in [-0.2, -0.15) is 0 Å². The van der Waals surface area contributed by atoms with E-state index in [0.717, 1.165) is 124 Å². The van der Waals surface area contributed by atoms with Gasteiger partial charge in [0.1, 0.15) is 34.7 Å². The Balaban J connectivity index is 0.000000230. The smallest absolute Gasteiger partial charge is 0.159 e. The van der Waals surface area contributed by atoms with Crippen LogP contribution < -0.4 is 40.1 Å². The topological polar surface area (TPSA) is 302 Å². The van der Waals surface area contributed by atoms with Crippen LogP contribution in [0.3, 0.4) is 0 Å². The van der Waals surface area contributed by atoms with Gasteiger partial charge < -0.3 is 40.1 Å².